The molecule has 0 saturated heterocycles. The summed E-state index contributed by atoms with van der Waals surface area (Å²) < 4.78 is 5.28. The molecule has 0 amide bonds. The van der Waals surface area contributed by atoms with E-state index in [1.165, 1.54) is 0 Å². The van der Waals surface area contributed by atoms with Crippen molar-refractivity contribution in [3.8, 4) is 5.75 Å². The molecule has 0 aromatic heterocycles. The summed E-state index contributed by atoms with van der Waals surface area (Å²) >= 11 is 12.0. The van der Waals surface area contributed by atoms with E-state index in [-0.39, 0.29) is 6.04 Å². The predicted molar refractivity (Wildman–Crippen MR) is 122 cm³/mol. The second-order valence-electron chi connectivity index (χ2n) is 6.65. The lowest BCUT2D eigenvalue weighted by Gasteiger charge is -2.23. The van der Waals surface area contributed by atoms with Crippen LogP contribution in [0, 0.1) is 13.8 Å². The fraction of sp³-hybridized carbons (Fsp3) is 0.174. The molecule has 0 aliphatic heterocycles. The summed E-state index contributed by atoms with van der Waals surface area (Å²) in [5.74, 6) is 0.818. The molecular weight excluding hydrogens is 388 g/mol. The van der Waals surface area contributed by atoms with Crippen LogP contribution in [0.5, 0.6) is 5.75 Å². The standard InChI is InChI=1S/C23H23ClN2OS/c1-15-13-16(2)21(20(24)14-15)25-23(28)26-22(17-7-5-4-6-8-17)18-9-11-19(27-3)12-10-18/h4-14,22H,1-3H3,(H2,25,26,28)/t22-/m1/s1. The zero-order valence-electron chi connectivity index (χ0n) is 16.1. The molecule has 0 bridgehead atoms. The van der Waals surface area contributed by atoms with Gasteiger partial charge in [0.05, 0.1) is 23.9 Å². The Morgan fingerprint density at radius 1 is 0.964 bits per heavy atom. The Labute approximate surface area is 176 Å². The summed E-state index contributed by atoms with van der Waals surface area (Å²) in [4.78, 5) is 0. The predicted octanol–water partition coefficient (Wildman–Crippen LogP) is 6.04. The average Bonchev–Trinajstić information content (AvgIpc) is 2.69. The van der Waals surface area contributed by atoms with E-state index in [0.717, 1.165) is 33.7 Å². The topological polar surface area (TPSA) is 33.3 Å². The summed E-state index contributed by atoms with van der Waals surface area (Å²) in [7, 11) is 1.66. The Kier molecular flexibility index (Phi) is 6.55. The van der Waals surface area contributed by atoms with Crippen LogP contribution in [-0.2, 0) is 0 Å². The van der Waals surface area contributed by atoms with Gasteiger partial charge in [0, 0.05) is 0 Å². The van der Waals surface area contributed by atoms with Crippen molar-refractivity contribution in [3.63, 3.8) is 0 Å². The lowest BCUT2D eigenvalue weighted by atomic mass is 9.99. The third-order valence-electron chi connectivity index (χ3n) is 4.53. The number of aryl methyl sites for hydroxylation is 2. The summed E-state index contributed by atoms with van der Waals surface area (Å²) in [5, 5.41) is 7.85. The van der Waals surface area contributed by atoms with Crippen LogP contribution in [0.15, 0.2) is 66.7 Å². The summed E-state index contributed by atoms with van der Waals surface area (Å²) in [6, 6.07) is 22.1. The molecule has 0 saturated carbocycles. The number of nitrogens with one attached hydrogen (secondary N) is 2. The smallest absolute Gasteiger partial charge is 0.171 e. The molecule has 3 rings (SSSR count). The van der Waals surface area contributed by atoms with Crippen LogP contribution in [0.3, 0.4) is 0 Å². The molecule has 28 heavy (non-hydrogen) atoms. The molecule has 0 heterocycles. The van der Waals surface area contributed by atoms with Crippen LogP contribution in [0.4, 0.5) is 5.69 Å². The highest BCUT2D eigenvalue weighted by Crippen LogP contribution is 2.28. The maximum atomic E-state index is 6.42. The van der Waals surface area contributed by atoms with Crippen molar-refractivity contribution in [3.05, 3.63) is 94.0 Å². The number of ether oxygens (including phenoxy) is 1. The van der Waals surface area contributed by atoms with Crippen molar-refractivity contribution in [1.82, 2.24) is 5.32 Å². The molecule has 0 fully saturated rings. The fourth-order valence-electron chi connectivity index (χ4n) is 3.16. The molecule has 3 nitrogen and oxygen atoms in total. The van der Waals surface area contributed by atoms with Crippen LogP contribution < -0.4 is 15.4 Å². The third kappa shape index (κ3) is 4.83. The van der Waals surface area contributed by atoms with Crippen molar-refractivity contribution in [2.75, 3.05) is 12.4 Å². The average molecular weight is 411 g/mol. The van der Waals surface area contributed by atoms with Crippen molar-refractivity contribution >= 4 is 34.6 Å². The number of anilines is 1. The molecule has 144 valence electrons. The normalized spacial score (nSPS) is 11.6. The van der Waals surface area contributed by atoms with Gasteiger partial charge < -0.3 is 15.4 Å². The van der Waals surface area contributed by atoms with Crippen LogP contribution in [0.2, 0.25) is 5.02 Å². The molecule has 0 spiro atoms. The van der Waals surface area contributed by atoms with Crippen LogP contribution in [-0.4, -0.2) is 12.2 Å². The van der Waals surface area contributed by atoms with Gasteiger partial charge in [0.15, 0.2) is 5.11 Å². The Hall–Kier alpha value is -2.56. The number of halogens is 1. The molecular formula is C23H23ClN2OS. The number of benzene rings is 3. The zero-order chi connectivity index (χ0) is 20.1. The van der Waals surface area contributed by atoms with Crippen LogP contribution >= 0.6 is 23.8 Å². The van der Waals surface area contributed by atoms with E-state index in [1.54, 1.807) is 7.11 Å². The number of thiocarbonyl (C=S) groups is 1. The first-order valence-electron chi connectivity index (χ1n) is 9.01. The SMILES string of the molecule is COc1ccc([C@H](NC(=S)Nc2c(C)cc(C)cc2Cl)c2ccccc2)cc1. The number of methoxy groups -OCH3 is 1. The first kappa shape index (κ1) is 20.2. The molecule has 0 unspecified atom stereocenters. The van der Waals surface area contributed by atoms with E-state index in [1.807, 2.05) is 62.4 Å². The minimum absolute atomic E-state index is 0.100. The molecule has 0 aliphatic carbocycles. The van der Waals surface area contributed by atoms with Crippen LogP contribution in [0.25, 0.3) is 0 Å². The highest BCUT2D eigenvalue weighted by molar-refractivity contribution is 7.80. The van der Waals surface area contributed by atoms with Gasteiger partial charge >= 0.3 is 0 Å². The van der Waals surface area contributed by atoms with E-state index in [2.05, 4.69) is 28.8 Å². The van der Waals surface area contributed by atoms with Gasteiger partial charge in [-0.05, 0) is 66.5 Å². The number of hydrogen-bond acceptors (Lipinski definition) is 2. The molecule has 5 heteroatoms. The second-order valence-corrected chi connectivity index (χ2v) is 7.47. The Balaban J connectivity index is 1.86. The van der Waals surface area contributed by atoms with Gasteiger partial charge in [-0.2, -0.15) is 0 Å². The lowest BCUT2D eigenvalue weighted by Crippen LogP contribution is -2.33. The monoisotopic (exact) mass is 410 g/mol. The molecule has 0 radical (unpaired) electrons. The van der Waals surface area contributed by atoms with Crippen molar-refractivity contribution in [1.29, 1.82) is 0 Å². The maximum absolute atomic E-state index is 6.42. The molecule has 3 aromatic rings. The molecule has 2 N–H and O–H groups in total. The van der Waals surface area contributed by atoms with E-state index in [9.17, 15) is 0 Å². The highest BCUT2D eigenvalue weighted by Gasteiger charge is 2.16. The fourth-order valence-corrected chi connectivity index (χ4v) is 3.74. The first-order chi connectivity index (χ1) is 13.5. The third-order valence-corrected chi connectivity index (χ3v) is 5.05. The highest BCUT2D eigenvalue weighted by atomic mass is 35.5. The van der Waals surface area contributed by atoms with E-state index >= 15 is 0 Å². The van der Waals surface area contributed by atoms with Gasteiger partial charge in [0.2, 0.25) is 0 Å². The van der Waals surface area contributed by atoms with Gasteiger partial charge in [-0.1, -0.05) is 60.1 Å². The Bertz CT molecular complexity index is 935. The van der Waals surface area contributed by atoms with E-state index in [4.69, 9.17) is 28.6 Å². The van der Waals surface area contributed by atoms with Gasteiger partial charge in [-0.15, -0.1) is 0 Å². The lowest BCUT2D eigenvalue weighted by molar-refractivity contribution is 0.414. The quantitative estimate of drug-likeness (QED) is 0.502. The van der Waals surface area contributed by atoms with Gasteiger partial charge in [0.25, 0.3) is 0 Å². The second kappa shape index (κ2) is 9.09. The number of rotatable bonds is 5. The summed E-state index contributed by atoms with van der Waals surface area (Å²) in [5.41, 5.74) is 5.19. The first-order valence-corrected chi connectivity index (χ1v) is 9.79. The summed E-state index contributed by atoms with van der Waals surface area (Å²) in [6.45, 7) is 4.04. The Morgan fingerprint density at radius 3 is 2.21 bits per heavy atom. The van der Waals surface area contributed by atoms with Gasteiger partial charge in [0.1, 0.15) is 5.75 Å². The maximum Gasteiger partial charge on any atom is 0.171 e. The number of hydrogen-bond donors (Lipinski definition) is 2. The minimum atomic E-state index is -0.100. The van der Waals surface area contributed by atoms with Crippen molar-refractivity contribution in [2.24, 2.45) is 0 Å². The van der Waals surface area contributed by atoms with Crippen molar-refractivity contribution < 1.29 is 4.74 Å². The minimum Gasteiger partial charge on any atom is -0.497 e. The van der Waals surface area contributed by atoms with Gasteiger partial charge in [-0.25, -0.2) is 0 Å². The molecule has 1 atom stereocenters. The molecule has 3 aromatic carbocycles. The largest absolute Gasteiger partial charge is 0.497 e. The van der Waals surface area contributed by atoms with Gasteiger partial charge in [-0.3, -0.25) is 0 Å². The zero-order valence-corrected chi connectivity index (χ0v) is 17.7. The summed E-state index contributed by atoms with van der Waals surface area (Å²) in [6.07, 6.45) is 0. The van der Waals surface area contributed by atoms with E-state index < -0.39 is 0 Å². The van der Waals surface area contributed by atoms with Crippen molar-refractivity contribution in [2.45, 2.75) is 19.9 Å². The van der Waals surface area contributed by atoms with Crippen LogP contribution in [0.1, 0.15) is 28.3 Å². The Morgan fingerprint density at radius 2 is 1.61 bits per heavy atom. The molecule has 0 aliphatic rings. The van der Waals surface area contributed by atoms with E-state index in [0.29, 0.717) is 10.1 Å².